The zero-order valence-electron chi connectivity index (χ0n) is 14.1. The second kappa shape index (κ2) is 7.04. The minimum absolute atomic E-state index is 0.0927. The number of aryl methyl sites for hydroxylation is 1. The maximum atomic E-state index is 13.1. The van der Waals surface area contributed by atoms with E-state index >= 15 is 0 Å². The van der Waals surface area contributed by atoms with Crippen LogP contribution in [0.4, 0.5) is 0 Å². The highest BCUT2D eigenvalue weighted by Crippen LogP contribution is 2.23. The molecule has 3 rings (SSSR count). The SMILES string of the molecule is CCc1ccc(S(=O)(=O)N2Cc3nccn3CC(COC)C2)cc1. The van der Waals surface area contributed by atoms with E-state index in [1.807, 2.05) is 29.8 Å². The number of hydrogen-bond donors (Lipinski definition) is 0. The molecule has 0 saturated heterocycles. The molecule has 1 aromatic carbocycles. The van der Waals surface area contributed by atoms with E-state index in [4.69, 9.17) is 4.74 Å². The molecule has 0 fully saturated rings. The number of methoxy groups -OCH3 is 1. The maximum Gasteiger partial charge on any atom is 0.243 e. The molecule has 1 aliphatic heterocycles. The van der Waals surface area contributed by atoms with Gasteiger partial charge >= 0.3 is 0 Å². The number of hydrogen-bond acceptors (Lipinski definition) is 4. The standard InChI is InChI=1S/C17H23N3O3S/c1-3-14-4-6-16(7-5-14)24(21,22)20-11-15(13-23-2)10-19-9-8-18-17(19)12-20/h4-9,15H,3,10-13H2,1-2H3. The molecule has 0 saturated carbocycles. The van der Waals surface area contributed by atoms with Crippen LogP contribution in [0.2, 0.25) is 0 Å². The van der Waals surface area contributed by atoms with E-state index in [0.29, 0.717) is 24.6 Å². The maximum absolute atomic E-state index is 13.1. The van der Waals surface area contributed by atoms with Gasteiger partial charge in [0.15, 0.2) is 0 Å². The molecule has 1 aromatic heterocycles. The average Bonchev–Trinajstić information content (AvgIpc) is 2.93. The average molecular weight is 349 g/mol. The molecular weight excluding hydrogens is 326 g/mol. The van der Waals surface area contributed by atoms with Gasteiger partial charge in [0.25, 0.3) is 0 Å². The molecule has 0 aliphatic carbocycles. The molecule has 24 heavy (non-hydrogen) atoms. The number of aromatic nitrogens is 2. The Hall–Kier alpha value is -1.70. The summed E-state index contributed by atoms with van der Waals surface area (Å²) in [5, 5.41) is 0. The number of sulfonamides is 1. The van der Waals surface area contributed by atoms with Crippen molar-refractivity contribution in [3.05, 3.63) is 48.0 Å². The molecule has 130 valence electrons. The third-order valence-electron chi connectivity index (χ3n) is 4.41. The first-order valence-corrected chi connectivity index (χ1v) is 9.56. The molecule has 2 heterocycles. The van der Waals surface area contributed by atoms with E-state index < -0.39 is 10.0 Å². The highest BCUT2D eigenvalue weighted by atomic mass is 32.2. The van der Waals surface area contributed by atoms with Crippen LogP contribution in [0.3, 0.4) is 0 Å². The van der Waals surface area contributed by atoms with E-state index in [-0.39, 0.29) is 12.5 Å². The summed E-state index contributed by atoms with van der Waals surface area (Å²) in [7, 11) is -1.92. The Morgan fingerprint density at radius 1 is 1.25 bits per heavy atom. The molecule has 0 N–H and O–H groups in total. The number of imidazole rings is 1. The lowest BCUT2D eigenvalue weighted by molar-refractivity contribution is 0.135. The first-order valence-electron chi connectivity index (χ1n) is 8.12. The normalized spacial score (nSPS) is 19.0. The molecule has 0 amide bonds. The van der Waals surface area contributed by atoms with Gasteiger partial charge in [-0.15, -0.1) is 0 Å². The number of ether oxygens (including phenoxy) is 1. The van der Waals surface area contributed by atoms with E-state index in [1.165, 1.54) is 4.31 Å². The Bertz CT molecular complexity index is 784. The number of benzene rings is 1. The van der Waals surface area contributed by atoms with E-state index in [9.17, 15) is 8.42 Å². The Labute approximate surface area is 143 Å². The third kappa shape index (κ3) is 3.38. The third-order valence-corrected chi connectivity index (χ3v) is 6.23. The molecule has 2 aromatic rings. The minimum atomic E-state index is -3.56. The zero-order valence-corrected chi connectivity index (χ0v) is 14.9. The minimum Gasteiger partial charge on any atom is -0.384 e. The highest BCUT2D eigenvalue weighted by Gasteiger charge is 2.31. The molecule has 0 bridgehead atoms. The molecule has 1 atom stereocenters. The summed E-state index contributed by atoms with van der Waals surface area (Å²) >= 11 is 0. The number of rotatable bonds is 5. The van der Waals surface area contributed by atoms with Gasteiger partial charge in [0, 0.05) is 38.5 Å². The topological polar surface area (TPSA) is 64.4 Å². The molecule has 0 radical (unpaired) electrons. The molecule has 7 heteroatoms. The van der Waals surface area contributed by atoms with E-state index in [2.05, 4.69) is 4.98 Å². The zero-order chi connectivity index (χ0) is 17.2. The van der Waals surface area contributed by atoms with Crippen molar-refractivity contribution in [3.63, 3.8) is 0 Å². The van der Waals surface area contributed by atoms with Crippen molar-refractivity contribution in [1.29, 1.82) is 0 Å². The Balaban J connectivity index is 1.93. The smallest absolute Gasteiger partial charge is 0.243 e. The molecular formula is C17H23N3O3S. The second-order valence-electron chi connectivity index (χ2n) is 6.11. The molecule has 6 nitrogen and oxygen atoms in total. The van der Waals surface area contributed by atoms with Crippen LogP contribution in [-0.4, -0.2) is 42.5 Å². The fourth-order valence-corrected chi connectivity index (χ4v) is 4.55. The van der Waals surface area contributed by atoms with Crippen molar-refractivity contribution in [2.24, 2.45) is 5.92 Å². The van der Waals surface area contributed by atoms with Crippen LogP contribution in [0.15, 0.2) is 41.6 Å². The first kappa shape index (κ1) is 17.1. The molecule has 1 unspecified atom stereocenters. The quantitative estimate of drug-likeness (QED) is 0.827. The summed E-state index contributed by atoms with van der Waals surface area (Å²) < 4.78 is 34.9. The van der Waals surface area contributed by atoms with Crippen LogP contribution in [0, 0.1) is 5.92 Å². The van der Waals surface area contributed by atoms with Crippen LogP contribution in [0.1, 0.15) is 18.3 Å². The van der Waals surface area contributed by atoms with Gasteiger partial charge in [0.1, 0.15) is 5.82 Å². The fourth-order valence-electron chi connectivity index (χ4n) is 3.07. The Kier molecular flexibility index (Phi) is 5.03. The Morgan fingerprint density at radius 2 is 2.00 bits per heavy atom. The van der Waals surface area contributed by atoms with Crippen molar-refractivity contribution < 1.29 is 13.2 Å². The lowest BCUT2D eigenvalue weighted by Gasteiger charge is -2.23. The number of nitrogens with zero attached hydrogens (tertiary/aromatic N) is 3. The lowest BCUT2D eigenvalue weighted by Crippen LogP contribution is -2.35. The van der Waals surface area contributed by atoms with Gasteiger partial charge in [-0.1, -0.05) is 19.1 Å². The number of fused-ring (bicyclic) bond motifs is 1. The summed E-state index contributed by atoms with van der Waals surface area (Å²) in [6.45, 7) is 3.98. The van der Waals surface area contributed by atoms with Crippen molar-refractivity contribution in [2.45, 2.75) is 31.3 Å². The van der Waals surface area contributed by atoms with E-state index in [1.54, 1.807) is 25.4 Å². The van der Waals surface area contributed by atoms with Crippen molar-refractivity contribution >= 4 is 10.0 Å². The van der Waals surface area contributed by atoms with Crippen molar-refractivity contribution in [1.82, 2.24) is 13.9 Å². The predicted octanol–water partition coefficient (Wildman–Crippen LogP) is 1.91. The summed E-state index contributed by atoms with van der Waals surface area (Å²) in [4.78, 5) is 4.64. The van der Waals surface area contributed by atoms with Gasteiger partial charge in [-0.25, -0.2) is 13.4 Å². The largest absolute Gasteiger partial charge is 0.384 e. The van der Waals surface area contributed by atoms with Gasteiger partial charge in [-0.2, -0.15) is 4.31 Å². The first-order chi connectivity index (χ1) is 11.5. The van der Waals surface area contributed by atoms with Gasteiger partial charge in [-0.3, -0.25) is 0 Å². The summed E-state index contributed by atoms with van der Waals surface area (Å²) in [6, 6.07) is 7.13. The lowest BCUT2D eigenvalue weighted by atomic mass is 10.1. The summed E-state index contributed by atoms with van der Waals surface area (Å²) in [5.41, 5.74) is 1.12. The van der Waals surface area contributed by atoms with Gasteiger partial charge < -0.3 is 9.30 Å². The monoisotopic (exact) mass is 349 g/mol. The highest BCUT2D eigenvalue weighted by molar-refractivity contribution is 7.89. The van der Waals surface area contributed by atoms with Crippen LogP contribution in [0.5, 0.6) is 0 Å². The van der Waals surface area contributed by atoms with Crippen molar-refractivity contribution in [3.8, 4) is 0 Å². The second-order valence-corrected chi connectivity index (χ2v) is 8.05. The van der Waals surface area contributed by atoms with Crippen LogP contribution in [0.25, 0.3) is 0 Å². The van der Waals surface area contributed by atoms with Gasteiger partial charge in [0.05, 0.1) is 18.0 Å². The van der Waals surface area contributed by atoms with Crippen LogP contribution in [-0.2, 0) is 34.3 Å². The molecule has 1 aliphatic rings. The fraction of sp³-hybridized carbons (Fsp3) is 0.471. The predicted molar refractivity (Wildman–Crippen MR) is 91.0 cm³/mol. The summed E-state index contributed by atoms with van der Waals surface area (Å²) in [5.74, 6) is 0.859. The van der Waals surface area contributed by atoms with Crippen molar-refractivity contribution in [2.75, 3.05) is 20.3 Å². The van der Waals surface area contributed by atoms with E-state index in [0.717, 1.165) is 17.8 Å². The summed E-state index contributed by atoms with van der Waals surface area (Å²) in [6.07, 6.45) is 4.49. The van der Waals surface area contributed by atoms with Gasteiger partial charge in [-0.05, 0) is 24.1 Å². The van der Waals surface area contributed by atoms with Crippen LogP contribution < -0.4 is 0 Å². The van der Waals surface area contributed by atoms with Crippen LogP contribution >= 0.6 is 0 Å². The Morgan fingerprint density at radius 3 is 2.67 bits per heavy atom. The van der Waals surface area contributed by atoms with Gasteiger partial charge in [0.2, 0.25) is 10.0 Å². The molecule has 0 spiro atoms.